The average Bonchev–Trinajstić information content (AvgIpc) is 3.50. The number of para-hydroxylation sites is 1. The Hall–Kier alpha value is -3.51. The predicted octanol–water partition coefficient (Wildman–Crippen LogP) is 4.15. The highest BCUT2D eigenvalue weighted by Gasteiger charge is 2.64. The Morgan fingerprint density at radius 1 is 0.839 bits per heavy atom. The molecule has 5 nitrogen and oxygen atoms in total. The number of fused-ring (bicyclic) bond motifs is 5. The van der Waals surface area contributed by atoms with Crippen molar-refractivity contribution in [1.82, 2.24) is 4.90 Å². The van der Waals surface area contributed by atoms with Gasteiger partial charge in [0.1, 0.15) is 6.04 Å². The third kappa shape index (κ3) is 2.51. The van der Waals surface area contributed by atoms with Gasteiger partial charge in [0.05, 0.1) is 28.4 Å². The number of carbonyl (C=O) groups excluding carboxylic acids is 3. The van der Waals surface area contributed by atoms with Gasteiger partial charge in [-0.3, -0.25) is 14.4 Å². The third-order valence-corrected chi connectivity index (χ3v) is 7.39. The topological polar surface area (TPSA) is 57.7 Å². The van der Waals surface area contributed by atoms with Crippen LogP contribution in [0.5, 0.6) is 0 Å². The molecule has 2 fully saturated rings. The van der Waals surface area contributed by atoms with Crippen LogP contribution in [0.1, 0.15) is 26.8 Å². The van der Waals surface area contributed by atoms with Gasteiger partial charge in [0.25, 0.3) is 0 Å². The minimum Gasteiger partial charge on any atom is -0.358 e. The number of thiophene rings is 1. The summed E-state index contributed by atoms with van der Waals surface area (Å²) in [4.78, 5) is 44.7. The van der Waals surface area contributed by atoms with Gasteiger partial charge in [-0.25, -0.2) is 4.90 Å². The second-order valence-electron chi connectivity index (χ2n) is 8.02. The molecule has 152 valence electrons. The molecule has 4 atom stereocenters. The number of ketones is 1. The van der Waals surface area contributed by atoms with Crippen LogP contribution in [0.2, 0.25) is 0 Å². The lowest BCUT2D eigenvalue weighted by Gasteiger charge is -2.35. The molecule has 6 rings (SSSR count). The van der Waals surface area contributed by atoms with Gasteiger partial charge < -0.3 is 4.90 Å². The average molecular weight is 426 g/mol. The monoisotopic (exact) mass is 426 g/mol. The second kappa shape index (κ2) is 6.75. The summed E-state index contributed by atoms with van der Waals surface area (Å²) in [6, 6.07) is 19.5. The highest BCUT2D eigenvalue weighted by atomic mass is 32.1. The number of rotatable bonds is 3. The summed E-state index contributed by atoms with van der Waals surface area (Å²) in [7, 11) is 0. The van der Waals surface area contributed by atoms with Gasteiger partial charge in [0.2, 0.25) is 11.8 Å². The summed E-state index contributed by atoms with van der Waals surface area (Å²) in [5.41, 5.74) is 2.56. The Kier molecular flexibility index (Phi) is 3.98. The lowest BCUT2D eigenvalue weighted by atomic mass is 9.84. The highest BCUT2D eigenvalue weighted by Crippen LogP contribution is 2.53. The number of Topliss-reactive ketones (excluding diaryl/α,β-unsaturated/α-hetero) is 1. The number of amides is 2. The number of carbonyl (C=O) groups is 3. The molecule has 31 heavy (non-hydrogen) atoms. The van der Waals surface area contributed by atoms with Crippen molar-refractivity contribution in [3.63, 3.8) is 0 Å². The van der Waals surface area contributed by atoms with E-state index in [1.807, 2.05) is 71.1 Å². The van der Waals surface area contributed by atoms with Crippen LogP contribution < -0.4 is 4.90 Å². The molecular weight excluding hydrogens is 408 g/mol. The fourth-order valence-corrected chi connectivity index (χ4v) is 5.95. The van der Waals surface area contributed by atoms with Gasteiger partial charge in [-0.1, -0.05) is 48.5 Å². The molecular formula is C25H18N2O3S. The van der Waals surface area contributed by atoms with E-state index in [9.17, 15) is 14.4 Å². The lowest BCUT2D eigenvalue weighted by molar-refractivity contribution is -0.123. The standard InChI is InChI=1S/C25H18N2O3S/c28-23(18-11-6-14-31-18)22-20-19(21-17-10-5-4-7-15(17)12-13-26(21)22)24(29)27(25(20)30)16-8-2-1-3-9-16/h1-14,19-22H/t19-,20+,21?,22-/m0/s1. The quantitative estimate of drug-likeness (QED) is 0.466. The minimum absolute atomic E-state index is 0.104. The molecule has 6 heteroatoms. The maximum absolute atomic E-state index is 13.7. The molecule has 0 bridgehead atoms. The first kappa shape index (κ1) is 18.3. The Bertz CT molecular complexity index is 1230. The number of nitrogens with zero attached hydrogens (tertiary/aromatic N) is 2. The summed E-state index contributed by atoms with van der Waals surface area (Å²) >= 11 is 1.37. The molecule has 1 aromatic heterocycles. The highest BCUT2D eigenvalue weighted by molar-refractivity contribution is 7.12. The Labute approximate surface area is 183 Å². The van der Waals surface area contributed by atoms with Crippen LogP contribution in [0.25, 0.3) is 6.08 Å². The van der Waals surface area contributed by atoms with E-state index in [0.29, 0.717) is 10.6 Å². The molecule has 3 aliphatic rings. The molecule has 3 aromatic rings. The number of imide groups is 1. The maximum atomic E-state index is 13.7. The van der Waals surface area contributed by atoms with E-state index in [1.54, 1.807) is 18.2 Å². The zero-order valence-corrected chi connectivity index (χ0v) is 17.2. The molecule has 0 saturated carbocycles. The SMILES string of the molecule is O=C(c1cccs1)[C@@H]1[C@@H]2C(=O)N(c3ccccc3)C(=O)[C@@H]2C2c3ccccc3C=CN21. The van der Waals surface area contributed by atoms with E-state index < -0.39 is 17.9 Å². The van der Waals surface area contributed by atoms with Gasteiger partial charge in [0.15, 0.2) is 5.78 Å². The summed E-state index contributed by atoms with van der Waals surface area (Å²) < 4.78 is 0. The molecule has 2 aromatic carbocycles. The molecule has 0 radical (unpaired) electrons. The number of hydrogen-bond donors (Lipinski definition) is 0. The maximum Gasteiger partial charge on any atom is 0.240 e. The number of benzene rings is 2. The molecule has 2 saturated heterocycles. The Morgan fingerprint density at radius 2 is 1.58 bits per heavy atom. The molecule has 4 heterocycles. The first-order chi connectivity index (χ1) is 15.2. The van der Waals surface area contributed by atoms with E-state index in [-0.39, 0.29) is 23.6 Å². The van der Waals surface area contributed by atoms with Crippen LogP contribution in [0.4, 0.5) is 5.69 Å². The van der Waals surface area contributed by atoms with Gasteiger partial charge in [-0.05, 0) is 40.8 Å². The number of anilines is 1. The van der Waals surface area contributed by atoms with Crippen molar-refractivity contribution >= 4 is 40.7 Å². The van der Waals surface area contributed by atoms with Gasteiger partial charge >= 0.3 is 0 Å². The van der Waals surface area contributed by atoms with Crippen molar-refractivity contribution in [2.75, 3.05) is 4.90 Å². The normalized spacial score (nSPS) is 26.1. The van der Waals surface area contributed by atoms with Gasteiger partial charge in [-0.15, -0.1) is 11.3 Å². The molecule has 0 N–H and O–H groups in total. The van der Waals surface area contributed by atoms with Crippen molar-refractivity contribution in [3.05, 3.63) is 94.3 Å². The zero-order chi connectivity index (χ0) is 21.1. The Morgan fingerprint density at radius 3 is 2.35 bits per heavy atom. The molecule has 0 aliphatic carbocycles. The fourth-order valence-electron chi connectivity index (χ4n) is 5.25. The van der Waals surface area contributed by atoms with E-state index in [4.69, 9.17) is 0 Å². The van der Waals surface area contributed by atoms with Crippen molar-refractivity contribution < 1.29 is 14.4 Å². The summed E-state index contributed by atoms with van der Waals surface area (Å²) in [5, 5.41) is 1.86. The second-order valence-corrected chi connectivity index (χ2v) is 8.97. The Balaban J connectivity index is 1.52. The van der Waals surface area contributed by atoms with Crippen molar-refractivity contribution in [1.29, 1.82) is 0 Å². The van der Waals surface area contributed by atoms with Crippen LogP contribution in [0, 0.1) is 11.8 Å². The lowest BCUT2D eigenvalue weighted by Crippen LogP contribution is -2.44. The van der Waals surface area contributed by atoms with E-state index in [1.165, 1.54) is 16.2 Å². The predicted molar refractivity (Wildman–Crippen MR) is 118 cm³/mol. The number of hydrogen-bond acceptors (Lipinski definition) is 5. The van der Waals surface area contributed by atoms with Crippen LogP contribution in [0.15, 0.2) is 78.3 Å². The van der Waals surface area contributed by atoms with Crippen LogP contribution in [-0.2, 0) is 9.59 Å². The van der Waals surface area contributed by atoms with Crippen LogP contribution >= 0.6 is 11.3 Å². The van der Waals surface area contributed by atoms with Crippen LogP contribution in [-0.4, -0.2) is 28.5 Å². The van der Waals surface area contributed by atoms with E-state index in [0.717, 1.165) is 11.1 Å². The van der Waals surface area contributed by atoms with Crippen molar-refractivity contribution in [2.24, 2.45) is 11.8 Å². The summed E-state index contributed by atoms with van der Waals surface area (Å²) in [6.45, 7) is 0. The molecule has 1 unspecified atom stereocenters. The molecule has 0 spiro atoms. The third-order valence-electron chi connectivity index (χ3n) is 6.51. The van der Waals surface area contributed by atoms with E-state index >= 15 is 0 Å². The summed E-state index contributed by atoms with van der Waals surface area (Å²) in [5.74, 6) is -1.96. The fraction of sp³-hybridized carbons (Fsp3) is 0.160. The first-order valence-electron chi connectivity index (χ1n) is 10.2. The first-order valence-corrected chi connectivity index (χ1v) is 11.1. The zero-order valence-electron chi connectivity index (χ0n) is 16.4. The van der Waals surface area contributed by atoms with E-state index in [2.05, 4.69) is 0 Å². The minimum atomic E-state index is -0.719. The molecule has 3 aliphatic heterocycles. The van der Waals surface area contributed by atoms with Crippen LogP contribution in [0.3, 0.4) is 0 Å². The van der Waals surface area contributed by atoms with Crippen molar-refractivity contribution in [2.45, 2.75) is 12.1 Å². The largest absolute Gasteiger partial charge is 0.358 e. The van der Waals surface area contributed by atoms with Gasteiger partial charge in [0, 0.05) is 6.20 Å². The van der Waals surface area contributed by atoms with Gasteiger partial charge in [-0.2, -0.15) is 0 Å². The molecule has 2 amide bonds. The van der Waals surface area contributed by atoms with Crippen molar-refractivity contribution in [3.8, 4) is 0 Å². The smallest absolute Gasteiger partial charge is 0.240 e. The summed E-state index contributed by atoms with van der Waals surface area (Å²) in [6.07, 6.45) is 3.85.